The predicted octanol–water partition coefficient (Wildman–Crippen LogP) is 0.638. The zero-order chi connectivity index (χ0) is 12.6. The van der Waals surface area contributed by atoms with E-state index in [0.717, 1.165) is 0 Å². The molecule has 0 heterocycles. The molecular formula is C9H15F2NO4. The van der Waals surface area contributed by atoms with Crippen molar-refractivity contribution in [3.05, 3.63) is 0 Å². The van der Waals surface area contributed by atoms with E-state index in [9.17, 15) is 18.4 Å². The van der Waals surface area contributed by atoms with Crippen LogP contribution in [0.5, 0.6) is 0 Å². The summed E-state index contributed by atoms with van der Waals surface area (Å²) in [7, 11) is 0. The molecule has 2 N–H and O–H groups in total. The van der Waals surface area contributed by atoms with E-state index >= 15 is 0 Å². The molecule has 0 aromatic rings. The van der Waals surface area contributed by atoms with Gasteiger partial charge >= 0.3 is 5.97 Å². The molecule has 7 heteroatoms. The van der Waals surface area contributed by atoms with Crippen molar-refractivity contribution >= 4 is 11.9 Å². The number of hydrogen-bond acceptors (Lipinski definition) is 3. The van der Waals surface area contributed by atoms with Crippen molar-refractivity contribution < 1.29 is 28.2 Å². The third-order valence-electron chi connectivity index (χ3n) is 1.76. The average molecular weight is 239 g/mol. The van der Waals surface area contributed by atoms with E-state index in [0.29, 0.717) is 0 Å². The van der Waals surface area contributed by atoms with Crippen LogP contribution in [0.25, 0.3) is 0 Å². The summed E-state index contributed by atoms with van der Waals surface area (Å²) in [6.45, 7) is 0.752. The second-order valence-electron chi connectivity index (χ2n) is 3.08. The SMILES string of the molecule is CC[C@H](NC(=O)CCOCC(F)F)C(=O)O. The summed E-state index contributed by atoms with van der Waals surface area (Å²) in [6.07, 6.45) is -2.43. The molecule has 1 atom stereocenters. The second kappa shape index (κ2) is 7.98. The lowest BCUT2D eigenvalue weighted by Gasteiger charge is -2.12. The minimum absolute atomic E-state index is 0.128. The van der Waals surface area contributed by atoms with Crippen LogP contribution >= 0.6 is 0 Å². The van der Waals surface area contributed by atoms with Crippen LogP contribution in [0.15, 0.2) is 0 Å². The van der Waals surface area contributed by atoms with E-state index in [-0.39, 0.29) is 19.4 Å². The summed E-state index contributed by atoms with van der Waals surface area (Å²) >= 11 is 0. The standard InChI is InChI=1S/C9H15F2NO4/c1-2-6(9(14)15)12-8(13)3-4-16-5-7(10)11/h6-7H,2-5H2,1H3,(H,12,13)(H,14,15)/t6-/m0/s1. The lowest BCUT2D eigenvalue weighted by molar-refractivity contribution is -0.142. The normalized spacial score (nSPS) is 12.5. The minimum atomic E-state index is -2.56. The predicted molar refractivity (Wildman–Crippen MR) is 51.3 cm³/mol. The van der Waals surface area contributed by atoms with Crippen LogP contribution < -0.4 is 5.32 Å². The maximum Gasteiger partial charge on any atom is 0.326 e. The molecule has 5 nitrogen and oxygen atoms in total. The summed E-state index contributed by atoms with van der Waals surface area (Å²) in [5.74, 6) is -1.65. The molecule has 0 spiro atoms. The first kappa shape index (κ1) is 14.8. The first-order valence-electron chi connectivity index (χ1n) is 4.85. The minimum Gasteiger partial charge on any atom is -0.480 e. The molecule has 16 heavy (non-hydrogen) atoms. The number of carboxylic acids is 1. The summed E-state index contributed by atoms with van der Waals surface area (Å²) in [6, 6.07) is -0.942. The first-order chi connectivity index (χ1) is 7.47. The third kappa shape index (κ3) is 7.10. The van der Waals surface area contributed by atoms with Crippen molar-refractivity contribution in [2.24, 2.45) is 0 Å². The van der Waals surface area contributed by atoms with Crippen LogP contribution in [-0.2, 0) is 14.3 Å². The molecule has 0 aromatic carbocycles. The van der Waals surface area contributed by atoms with Gasteiger partial charge in [-0.25, -0.2) is 13.6 Å². The fourth-order valence-corrected chi connectivity index (χ4v) is 0.942. The Labute approximate surface area is 91.8 Å². The van der Waals surface area contributed by atoms with E-state index in [1.54, 1.807) is 6.92 Å². The number of carboxylic acid groups (broad SMARTS) is 1. The zero-order valence-corrected chi connectivity index (χ0v) is 8.91. The van der Waals surface area contributed by atoms with E-state index in [2.05, 4.69) is 10.1 Å². The molecule has 0 aliphatic carbocycles. The lowest BCUT2D eigenvalue weighted by Crippen LogP contribution is -2.40. The molecule has 0 aliphatic heterocycles. The molecule has 0 saturated heterocycles. The highest BCUT2D eigenvalue weighted by Gasteiger charge is 2.17. The van der Waals surface area contributed by atoms with Crippen molar-refractivity contribution in [1.29, 1.82) is 0 Å². The zero-order valence-electron chi connectivity index (χ0n) is 8.91. The quantitative estimate of drug-likeness (QED) is 0.609. The van der Waals surface area contributed by atoms with E-state index in [4.69, 9.17) is 5.11 Å². The van der Waals surface area contributed by atoms with Crippen LogP contribution in [0.3, 0.4) is 0 Å². The Balaban J connectivity index is 3.69. The highest BCUT2D eigenvalue weighted by molar-refractivity contribution is 5.83. The highest BCUT2D eigenvalue weighted by Crippen LogP contribution is 1.95. The molecule has 0 bridgehead atoms. The van der Waals surface area contributed by atoms with Crippen LogP contribution in [0.4, 0.5) is 8.78 Å². The van der Waals surface area contributed by atoms with Crippen molar-refractivity contribution in [3.63, 3.8) is 0 Å². The molecule has 0 saturated carbocycles. The van der Waals surface area contributed by atoms with Gasteiger partial charge in [-0.15, -0.1) is 0 Å². The molecule has 0 radical (unpaired) electrons. The van der Waals surface area contributed by atoms with Gasteiger partial charge in [-0.2, -0.15) is 0 Å². The van der Waals surface area contributed by atoms with Gasteiger partial charge in [0.05, 0.1) is 6.61 Å². The number of hydrogen-bond donors (Lipinski definition) is 2. The maximum atomic E-state index is 11.6. The van der Waals surface area contributed by atoms with Crippen molar-refractivity contribution in [2.45, 2.75) is 32.2 Å². The summed E-state index contributed by atoms with van der Waals surface area (Å²) in [5, 5.41) is 10.9. The van der Waals surface area contributed by atoms with Gasteiger partial charge in [0, 0.05) is 6.42 Å². The largest absolute Gasteiger partial charge is 0.480 e. The third-order valence-corrected chi connectivity index (χ3v) is 1.76. The van der Waals surface area contributed by atoms with Crippen LogP contribution in [-0.4, -0.2) is 42.7 Å². The fraction of sp³-hybridized carbons (Fsp3) is 0.778. The first-order valence-corrected chi connectivity index (χ1v) is 4.85. The Bertz CT molecular complexity index is 236. The molecule has 0 aliphatic rings. The average Bonchev–Trinajstić information content (AvgIpc) is 2.20. The van der Waals surface area contributed by atoms with Gasteiger partial charge in [0.15, 0.2) is 0 Å². The number of aliphatic carboxylic acids is 1. The number of ether oxygens (including phenoxy) is 1. The second-order valence-corrected chi connectivity index (χ2v) is 3.08. The van der Waals surface area contributed by atoms with Gasteiger partial charge < -0.3 is 15.2 Å². The molecule has 94 valence electrons. The maximum absolute atomic E-state index is 11.6. The molecule has 0 rings (SSSR count). The topological polar surface area (TPSA) is 75.6 Å². The molecule has 0 unspecified atom stereocenters. The Kier molecular flexibility index (Phi) is 7.36. The number of nitrogens with one attached hydrogen (secondary N) is 1. The van der Waals surface area contributed by atoms with Gasteiger partial charge in [0.2, 0.25) is 5.91 Å². The highest BCUT2D eigenvalue weighted by atomic mass is 19.3. The van der Waals surface area contributed by atoms with Gasteiger partial charge in [-0.1, -0.05) is 6.92 Å². The molecule has 0 fully saturated rings. The number of rotatable bonds is 8. The number of alkyl halides is 2. The van der Waals surface area contributed by atoms with E-state index in [1.165, 1.54) is 0 Å². The number of carbonyl (C=O) groups excluding carboxylic acids is 1. The van der Waals surface area contributed by atoms with Gasteiger partial charge in [-0.05, 0) is 6.42 Å². The number of halogens is 2. The van der Waals surface area contributed by atoms with Crippen molar-refractivity contribution in [1.82, 2.24) is 5.32 Å². The monoisotopic (exact) mass is 239 g/mol. The van der Waals surface area contributed by atoms with Gasteiger partial charge in [0.1, 0.15) is 12.6 Å². The fourth-order valence-electron chi connectivity index (χ4n) is 0.942. The van der Waals surface area contributed by atoms with E-state index < -0.39 is 31.0 Å². The smallest absolute Gasteiger partial charge is 0.326 e. The molecular weight excluding hydrogens is 224 g/mol. The number of amides is 1. The molecule has 1 amide bonds. The van der Waals surface area contributed by atoms with Crippen LogP contribution in [0.2, 0.25) is 0 Å². The Morgan fingerprint density at radius 2 is 2.06 bits per heavy atom. The Morgan fingerprint density at radius 1 is 1.44 bits per heavy atom. The Morgan fingerprint density at radius 3 is 2.50 bits per heavy atom. The summed E-state index contributed by atoms with van der Waals surface area (Å²) < 4.78 is 27.7. The van der Waals surface area contributed by atoms with Crippen LogP contribution in [0.1, 0.15) is 19.8 Å². The van der Waals surface area contributed by atoms with Gasteiger partial charge in [0.25, 0.3) is 6.43 Å². The van der Waals surface area contributed by atoms with Crippen molar-refractivity contribution in [2.75, 3.05) is 13.2 Å². The van der Waals surface area contributed by atoms with Crippen LogP contribution in [0, 0.1) is 0 Å². The summed E-state index contributed by atoms with van der Waals surface area (Å²) in [5.41, 5.74) is 0. The van der Waals surface area contributed by atoms with Gasteiger partial charge in [-0.3, -0.25) is 4.79 Å². The number of carbonyl (C=O) groups is 2. The van der Waals surface area contributed by atoms with E-state index in [1.807, 2.05) is 0 Å². The Hall–Kier alpha value is -1.24. The summed E-state index contributed by atoms with van der Waals surface area (Å²) in [4.78, 5) is 21.7. The molecule has 0 aromatic heterocycles. The lowest BCUT2D eigenvalue weighted by atomic mass is 10.2. The van der Waals surface area contributed by atoms with Crippen molar-refractivity contribution in [3.8, 4) is 0 Å².